The van der Waals surface area contributed by atoms with Crippen LogP contribution in [0.25, 0.3) is 0 Å². The molecule has 0 radical (unpaired) electrons. The van der Waals surface area contributed by atoms with Crippen molar-refractivity contribution in [1.29, 1.82) is 0 Å². The molecule has 3 nitrogen and oxygen atoms in total. The van der Waals surface area contributed by atoms with E-state index in [2.05, 4.69) is 29.8 Å². The van der Waals surface area contributed by atoms with Crippen molar-refractivity contribution < 1.29 is 14.3 Å². The van der Waals surface area contributed by atoms with Crippen LogP contribution in [0, 0.1) is 11.3 Å². The van der Waals surface area contributed by atoms with Gasteiger partial charge in [0.15, 0.2) is 5.78 Å². The van der Waals surface area contributed by atoms with Gasteiger partial charge in [0, 0.05) is 5.92 Å². The zero-order valence-electron chi connectivity index (χ0n) is 13.2. The fraction of sp³-hybridized carbons (Fsp3) is 0.588. The molecular weight excluding hydrogens is 332 g/mol. The van der Waals surface area contributed by atoms with Gasteiger partial charge >= 0.3 is 0 Å². The Morgan fingerprint density at radius 1 is 1.19 bits per heavy atom. The van der Waals surface area contributed by atoms with Crippen molar-refractivity contribution in [3.63, 3.8) is 0 Å². The van der Waals surface area contributed by atoms with Gasteiger partial charge in [-0.3, -0.25) is 4.79 Å². The lowest BCUT2D eigenvalue weighted by atomic mass is 9.66. The summed E-state index contributed by atoms with van der Waals surface area (Å²) < 4.78 is 11.5. The Balaban J connectivity index is 2.42. The molecule has 21 heavy (non-hydrogen) atoms. The minimum atomic E-state index is 0.0423. The molecular formula is C17H23BrO3. The van der Waals surface area contributed by atoms with Crippen LogP contribution in [0.3, 0.4) is 0 Å². The van der Waals surface area contributed by atoms with E-state index in [1.54, 1.807) is 20.3 Å². The summed E-state index contributed by atoms with van der Waals surface area (Å²) in [6.45, 7) is 4.38. The Morgan fingerprint density at radius 2 is 1.86 bits per heavy atom. The van der Waals surface area contributed by atoms with Crippen LogP contribution in [0.5, 0.6) is 11.5 Å². The van der Waals surface area contributed by atoms with Gasteiger partial charge in [0.1, 0.15) is 11.5 Å². The molecule has 116 valence electrons. The molecule has 0 bridgehead atoms. The van der Waals surface area contributed by atoms with E-state index >= 15 is 0 Å². The molecule has 0 aliphatic heterocycles. The molecule has 0 saturated heterocycles. The van der Waals surface area contributed by atoms with E-state index < -0.39 is 0 Å². The molecule has 0 N–H and O–H groups in total. The smallest absolute Gasteiger partial charge is 0.170 e. The van der Waals surface area contributed by atoms with Gasteiger partial charge in [-0.15, -0.1) is 0 Å². The van der Waals surface area contributed by atoms with Crippen molar-refractivity contribution in [3.8, 4) is 11.5 Å². The van der Waals surface area contributed by atoms with E-state index in [0.29, 0.717) is 17.1 Å². The predicted molar refractivity (Wildman–Crippen MR) is 87.3 cm³/mol. The summed E-state index contributed by atoms with van der Waals surface area (Å²) in [6.07, 6.45) is 4.38. The molecule has 1 aromatic rings. The summed E-state index contributed by atoms with van der Waals surface area (Å²) in [5.41, 5.74) is 0.665. The zero-order valence-corrected chi connectivity index (χ0v) is 14.7. The molecule has 1 atom stereocenters. The number of ketones is 1. The molecule has 1 fully saturated rings. The third-order valence-corrected chi connectivity index (χ3v) is 5.18. The van der Waals surface area contributed by atoms with E-state index in [9.17, 15) is 4.79 Å². The predicted octanol–water partition coefficient (Wildman–Crippen LogP) is 4.87. The standard InChI is InChI=1S/C17H23BrO3/c1-17(2)8-6-5-7-12(17)16(19)11-9-15(21-4)13(18)10-14(11)20-3/h9-10,12H,5-8H2,1-4H3. The lowest BCUT2D eigenvalue weighted by Gasteiger charge is -2.37. The first-order valence-corrected chi connectivity index (χ1v) is 8.15. The van der Waals surface area contributed by atoms with E-state index in [4.69, 9.17) is 9.47 Å². The van der Waals surface area contributed by atoms with Crippen molar-refractivity contribution in [1.82, 2.24) is 0 Å². The normalized spacial score (nSPS) is 20.9. The van der Waals surface area contributed by atoms with Crippen LogP contribution in [0.2, 0.25) is 0 Å². The van der Waals surface area contributed by atoms with Gasteiger partial charge in [-0.25, -0.2) is 0 Å². The average Bonchev–Trinajstić information content (AvgIpc) is 2.45. The van der Waals surface area contributed by atoms with E-state index in [0.717, 1.165) is 23.7 Å². The molecule has 1 saturated carbocycles. The Kier molecular flexibility index (Phi) is 4.97. The summed E-state index contributed by atoms with van der Waals surface area (Å²) in [5, 5.41) is 0. The monoisotopic (exact) mass is 354 g/mol. The first kappa shape index (κ1) is 16.3. The number of hydrogen-bond donors (Lipinski definition) is 0. The molecule has 1 aliphatic rings. The minimum absolute atomic E-state index is 0.0423. The molecule has 1 aliphatic carbocycles. The highest BCUT2D eigenvalue weighted by Gasteiger charge is 2.38. The van der Waals surface area contributed by atoms with Crippen molar-refractivity contribution in [2.75, 3.05) is 14.2 Å². The SMILES string of the molecule is COc1cc(C(=O)C2CCCCC2(C)C)c(OC)cc1Br. The molecule has 4 heteroatoms. The number of halogens is 1. The van der Waals surface area contributed by atoms with Crippen LogP contribution in [0.1, 0.15) is 49.9 Å². The molecule has 0 amide bonds. The number of benzene rings is 1. The Hall–Kier alpha value is -1.03. The van der Waals surface area contributed by atoms with Gasteiger partial charge in [0.05, 0.1) is 24.3 Å². The topological polar surface area (TPSA) is 35.5 Å². The lowest BCUT2D eigenvalue weighted by Crippen LogP contribution is -2.34. The van der Waals surface area contributed by atoms with E-state index in [1.807, 2.05) is 6.07 Å². The first-order valence-electron chi connectivity index (χ1n) is 7.36. The fourth-order valence-corrected chi connectivity index (χ4v) is 3.70. The van der Waals surface area contributed by atoms with Gasteiger partial charge in [-0.1, -0.05) is 26.7 Å². The molecule has 0 heterocycles. The largest absolute Gasteiger partial charge is 0.496 e. The highest BCUT2D eigenvalue weighted by Crippen LogP contribution is 2.44. The van der Waals surface area contributed by atoms with Gasteiger partial charge < -0.3 is 9.47 Å². The van der Waals surface area contributed by atoms with Crippen molar-refractivity contribution in [3.05, 3.63) is 22.2 Å². The quantitative estimate of drug-likeness (QED) is 0.723. The van der Waals surface area contributed by atoms with Crippen LogP contribution in [-0.4, -0.2) is 20.0 Å². The second kappa shape index (κ2) is 6.39. The van der Waals surface area contributed by atoms with Gasteiger partial charge in [-0.2, -0.15) is 0 Å². The maximum absolute atomic E-state index is 13.0. The van der Waals surface area contributed by atoms with Crippen LogP contribution < -0.4 is 9.47 Å². The Bertz CT molecular complexity index is 537. The van der Waals surface area contributed by atoms with E-state index in [-0.39, 0.29) is 17.1 Å². The van der Waals surface area contributed by atoms with Crippen LogP contribution >= 0.6 is 15.9 Å². The van der Waals surface area contributed by atoms with Gasteiger partial charge in [0.25, 0.3) is 0 Å². The first-order chi connectivity index (χ1) is 9.90. The number of carbonyl (C=O) groups excluding carboxylic acids is 1. The van der Waals surface area contributed by atoms with Gasteiger partial charge in [0.2, 0.25) is 0 Å². The Labute approximate surface area is 135 Å². The lowest BCUT2D eigenvalue weighted by molar-refractivity contribution is 0.0694. The second-order valence-corrected chi connectivity index (χ2v) is 7.19. The maximum Gasteiger partial charge on any atom is 0.170 e. The van der Waals surface area contributed by atoms with Crippen molar-refractivity contribution in [2.45, 2.75) is 39.5 Å². The van der Waals surface area contributed by atoms with Gasteiger partial charge in [-0.05, 0) is 46.3 Å². The number of Topliss-reactive ketones (excluding diaryl/α,β-unsaturated/α-hetero) is 1. The molecule has 2 rings (SSSR count). The number of ether oxygens (including phenoxy) is 2. The number of carbonyl (C=O) groups is 1. The highest BCUT2D eigenvalue weighted by atomic mass is 79.9. The molecule has 0 spiro atoms. The molecule has 1 aromatic carbocycles. The van der Waals surface area contributed by atoms with Crippen molar-refractivity contribution in [2.24, 2.45) is 11.3 Å². The fourth-order valence-electron chi connectivity index (χ4n) is 3.22. The number of methoxy groups -OCH3 is 2. The Morgan fingerprint density at radius 3 is 2.43 bits per heavy atom. The summed E-state index contributed by atoms with van der Waals surface area (Å²) in [6, 6.07) is 3.60. The average molecular weight is 355 g/mol. The number of rotatable bonds is 4. The van der Waals surface area contributed by atoms with Crippen molar-refractivity contribution >= 4 is 21.7 Å². The zero-order chi connectivity index (χ0) is 15.6. The third kappa shape index (κ3) is 3.25. The third-order valence-electron chi connectivity index (χ3n) is 4.56. The summed E-state index contributed by atoms with van der Waals surface area (Å²) in [5.74, 6) is 1.48. The van der Waals surface area contributed by atoms with E-state index in [1.165, 1.54) is 6.42 Å². The maximum atomic E-state index is 13.0. The number of hydrogen-bond acceptors (Lipinski definition) is 3. The van der Waals surface area contributed by atoms with Crippen LogP contribution in [-0.2, 0) is 0 Å². The summed E-state index contributed by atoms with van der Waals surface area (Å²) in [7, 11) is 3.20. The minimum Gasteiger partial charge on any atom is -0.496 e. The summed E-state index contributed by atoms with van der Waals surface area (Å²) in [4.78, 5) is 13.0. The van der Waals surface area contributed by atoms with Crippen LogP contribution in [0.4, 0.5) is 0 Å². The molecule has 1 unspecified atom stereocenters. The highest BCUT2D eigenvalue weighted by molar-refractivity contribution is 9.10. The van der Waals surface area contributed by atoms with Crippen LogP contribution in [0.15, 0.2) is 16.6 Å². The summed E-state index contributed by atoms with van der Waals surface area (Å²) >= 11 is 3.43. The second-order valence-electron chi connectivity index (χ2n) is 6.34. The molecule has 0 aromatic heterocycles.